The minimum atomic E-state index is -1.73. The second-order valence-electron chi connectivity index (χ2n) is 13.0. The Labute approximate surface area is 301 Å². The third-order valence-electron chi connectivity index (χ3n) is 9.32. The Morgan fingerprint density at radius 3 is 1.50 bits per heavy atom. The number of likely N-dealkylation sites (N-methyl/N-ethyl adjacent to an activating group) is 1. The van der Waals surface area contributed by atoms with Crippen molar-refractivity contribution in [2.75, 3.05) is 46.2 Å². The van der Waals surface area contributed by atoms with Crippen molar-refractivity contribution in [1.82, 2.24) is 4.90 Å². The van der Waals surface area contributed by atoms with E-state index in [4.69, 9.17) is 14.2 Å². The smallest absolute Gasteiger partial charge is 0.119 e. The van der Waals surface area contributed by atoms with Crippen LogP contribution in [0, 0.1) is 0 Å². The molecule has 0 N–H and O–H groups in total. The molecule has 0 radical (unpaired) electrons. The molecule has 0 aliphatic heterocycles. The molecule has 0 atom stereocenters. The molecule has 5 aromatic rings. The third-order valence-corrected chi connectivity index (χ3v) is 13.8. The van der Waals surface area contributed by atoms with Crippen LogP contribution in [0.4, 0.5) is 0 Å². The maximum Gasteiger partial charge on any atom is 0.119 e. The Hall–Kier alpha value is -3.95. The van der Waals surface area contributed by atoms with Gasteiger partial charge in [-0.2, -0.15) is 0 Å². The van der Waals surface area contributed by atoms with Crippen molar-refractivity contribution >= 4 is 23.2 Å². The first-order valence-corrected chi connectivity index (χ1v) is 20.4. The fourth-order valence-corrected chi connectivity index (χ4v) is 10.9. The fraction of sp³-hybridized carbons (Fsp3) is 0.333. The van der Waals surface area contributed by atoms with Crippen molar-refractivity contribution in [3.8, 4) is 11.5 Å². The number of nitrogens with zero attached hydrogens (tertiary/aromatic N) is 1. The number of hydrogen-bond acceptors (Lipinski definition) is 4. The normalized spacial score (nSPS) is 11.5. The molecule has 0 amide bonds. The zero-order valence-electron chi connectivity index (χ0n) is 30.1. The van der Waals surface area contributed by atoms with Crippen molar-refractivity contribution < 1.29 is 14.2 Å². The molecule has 0 fully saturated rings. The number of aryl methyl sites for hydroxylation is 1. The molecule has 0 spiro atoms. The molecule has 0 saturated heterocycles. The Kier molecular flexibility index (Phi) is 15.4. The third kappa shape index (κ3) is 11.3. The summed E-state index contributed by atoms with van der Waals surface area (Å²) in [5, 5.41) is 4.43. The summed E-state index contributed by atoms with van der Waals surface area (Å²) >= 11 is 0. The molecule has 0 unspecified atom stereocenters. The molecule has 0 aliphatic rings. The summed E-state index contributed by atoms with van der Waals surface area (Å²) in [4.78, 5) is 2.28. The summed E-state index contributed by atoms with van der Waals surface area (Å²) in [5.74, 6) is 1.85. The molecule has 50 heavy (non-hydrogen) atoms. The Balaban J connectivity index is 0.970. The van der Waals surface area contributed by atoms with Crippen LogP contribution in [0.15, 0.2) is 140 Å². The average molecular weight is 689 g/mol. The fourth-order valence-electron chi connectivity index (χ4n) is 6.50. The minimum Gasteiger partial charge on any atom is -0.494 e. The molecule has 0 aromatic heterocycles. The van der Waals surface area contributed by atoms with Crippen molar-refractivity contribution in [2.24, 2.45) is 0 Å². The van der Waals surface area contributed by atoms with E-state index in [0.717, 1.165) is 44.0 Å². The van der Waals surface area contributed by atoms with E-state index >= 15 is 0 Å². The number of benzene rings is 5. The lowest BCUT2D eigenvalue weighted by Crippen LogP contribution is -2.33. The van der Waals surface area contributed by atoms with Crippen LogP contribution >= 0.6 is 7.26 Å². The highest BCUT2D eigenvalue weighted by molar-refractivity contribution is 7.95. The van der Waals surface area contributed by atoms with Crippen molar-refractivity contribution in [1.29, 1.82) is 0 Å². The van der Waals surface area contributed by atoms with Gasteiger partial charge < -0.3 is 14.2 Å². The van der Waals surface area contributed by atoms with E-state index in [1.807, 2.05) is 12.1 Å². The zero-order valence-corrected chi connectivity index (χ0v) is 31.0. The summed E-state index contributed by atoms with van der Waals surface area (Å²) in [7, 11) is 0.403. The predicted molar refractivity (Wildman–Crippen MR) is 214 cm³/mol. The summed E-state index contributed by atoms with van der Waals surface area (Å²) in [6.45, 7) is 6.52. The van der Waals surface area contributed by atoms with Crippen LogP contribution in [0.5, 0.6) is 11.5 Å². The van der Waals surface area contributed by atoms with E-state index in [1.54, 1.807) is 0 Å². The van der Waals surface area contributed by atoms with Crippen molar-refractivity contribution in [3.63, 3.8) is 0 Å². The Bertz CT molecular complexity index is 1520. The van der Waals surface area contributed by atoms with Crippen LogP contribution in [-0.4, -0.2) is 51.1 Å². The van der Waals surface area contributed by atoms with Crippen LogP contribution in [0.25, 0.3) is 0 Å². The molecule has 5 heteroatoms. The van der Waals surface area contributed by atoms with Crippen LogP contribution in [0.2, 0.25) is 0 Å². The number of unbranched alkanes of at least 4 members (excludes halogenated alkanes) is 4. The van der Waals surface area contributed by atoms with Gasteiger partial charge in [0, 0.05) is 13.1 Å². The first kappa shape index (κ1) is 37.3. The highest BCUT2D eigenvalue weighted by Crippen LogP contribution is 2.56. The highest BCUT2D eigenvalue weighted by atomic mass is 31.2. The van der Waals surface area contributed by atoms with Gasteiger partial charge in [0.15, 0.2) is 0 Å². The van der Waals surface area contributed by atoms with Gasteiger partial charge in [-0.1, -0.05) is 98.6 Å². The van der Waals surface area contributed by atoms with E-state index in [0.29, 0.717) is 19.8 Å². The van der Waals surface area contributed by atoms with E-state index in [9.17, 15) is 0 Å². The quantitative estimate of drug-likeness (QED) is 0.0537. The topological polar surface area (TPSA) is 30.9 Å². The molecule has 4 nitrogen and oxygen atoms in total. The van der Waals surface area contributed by atoms with E-state index in [1.165, 1.54) is 58.9 Å². The van der Waals surface area contributed by atoms with Gasteiger partial charge in [-0.15, -0.1) is 0 Å². The summed E-state index contributed by atoms with van der Waals surface area (Å²) < 4.78 is 17.7. The lowest BCUT2D eigenvalue weighted by molar-refractivity contribution is 0.0836. The molecule has 5 aromatic carbocycles. The SMILES string of the molecule is CCc1ccc(OCCOCCN(C)Cc2ccc(OCCCCCCC[P+](c3ccccc3)(c3ccccc3)c3ccccc3)cc2)cc1. The molecule has 0 heterocycles. The minimum absolute atomic E-state index is 0.566. The van der Waals surface area contributed by atoms with Gasteiger partial charge >= 0.3 is 0 Å². The second-order valence-corrected chi connectivity index (χ2v) is 16.6. The lowest BCUT2D eigenvalue weighted by atomic mass is 10.1. The average Bonchev–Trinajstić information content (AvgIpc) is 3.17. The molecule has 0 saturated carbocycles. The largest absolute Gasteiger partial charge is 0.494 e. The van der Waals surface area contributed by atoms with Gasteiger partial charge in [-0.25, -0.2) is 0 Å². The van der Waals surface area contributed by atoms with Gasteiger partial charge in [0.1, 0.15) is 41.3 Å². The standard InChI is InChI=1S/C45H55NO3P/c1-3-39-24-28-42(29-25-39)49-36-35-47-34-32-46(2)38-40-26-30-41(31-27-40)48-33-16-5-4-6-17-37-50(43-18-10-7-11-19-43,44-20-12-8-13-21-44)45-22-14-9-15-23-45/h7-15,18-31H,3-6,16-17,32-38H2,1-2H3/q+1. The molecule has 5 rings (SSSR count). The molecule has 0 aliphatic carbocycles. The number of ether oxygens (including phenoxy) is 3. The lowest BCUT2D eigenvalue weighted by Gasteiger charge is -2.27. The summed E-state index contributed by atoms with van der Waals surface area (Å²) in [6.07, 6.45) is 8.20. The van der Waals surface area contributed by atoms with Crippen LogP contribution in [0.3, 0.4) is 0 Å². The Morgan fingerprint density at radius 1 is 0.480 bits per heavy atom. The highest BCUT2D eigenvalue weighted by Gasteiger charge is 2.44. The van der Waals surface area contributed by atoms with Crippen LogP contribution in [-0.2, 0) is 17.7 Å². The maximum atomic E-state index is 6.11. The van der Waals surface area contributed by atoms with Gasteiger partial charge in [0.2, 0.25) is 0 Å². The van der Waals surface area contributed by atoms with Crippen molar-refractivity contribution in [3.05, 3.63) is 151 Å². The number of rotatable bonds is 22. The Morgan fingerprint density at radius 2 is 0.960 bits per heavy atom. The first-order chi connectivity index (χ1) is 24.7. The molecular formula is C45H55NO3P+. The van der Waals surface area contributed by atoms with E-state index in [-0.39, 0.29) is 0 Å². The van der Waals surface area contributed by atoms with E-state index < -0.39 is 7.26 Å². The van der Waals surface area contributed by atoms with Crippen molar-refractivity contribution in [2.45, 2.75) is 52.0 Å². The molecular weight excluding hydrogens is 633 g/mol. The zero-order chi connectivity index (χ0) is 34.7. The maximum absolute atomic E-state index is 6.11. The van der Waals surface area contributed by atoms with Gasteiger partial charge in [0.05, 0.1) is 26.0 Å². The second kappa shape index (κ2) is 20.7. The number of hydrogen-bond donors (Lipinski definition) is 0. The molecule has 0 bridgehead atoms. The predicted octanol–water partition coefficient (Wildman–Crippen LogP) is 9.10. The monoisotopic (exact) mass is 688 g/mol. The summed E-state index contributed by atoms with van der Waals surface area (Å²) in [5.41, 5.74) is 2.60. The van der Waals surface area contributed by atoms with Crippen LogP contribution < -0.4 is 25.4 Å². The van der Waals surface area contributed by atoms with Crippen LogP contribution in [0.1, 0.15) is 50.2 Å². The van der Waals surface area contributed by atoms with Gasteiger partial charge in [0.25, 0.3) is 0 Å². The van der Waals surface area contributed by atoms with Gasteiger partial charge in [-0.3, -0.25) is 4.90 Å². The van der Waals surface area contributed by atoms with Gasteiger partial charge in [-0.05, 0) is 105 Å². The first-order valence-electron chi connectivity index (χ1n) is 18.4. The molecule has 262 valence electrons. The van der Waals surface area contributed by atoms with E-state index in [2.05, 4.69) is 146 Å². The summed E-state index contributed by atoms with van der Waals surface area (Å²) in [6, 6.07) is 50.5.